The molecular weight excluding hydrogens is 278 g/mol. The van der Waals surface area contributed by atoms with Gasteiger partial charge in [0.25, 0.3) is 0 Å². The molecule has 2 aromatic rings. The van der Waals surface area contributed by atoms with Gasteiger partial charge in [-0.1, -0.05) is 48.0 Å². The number of ether oxygens (including phenoxy) is 2. The van der Waals surface area contributed by atoms with Crippen LogP contribution in [0.25, 0.3) is 6.08 Å². The molecule has 0 saturated carbocycles. The molecule has 2 aromatic carbocycles. The summed E-state index contributed by atoms with van der Waals surface area (Å²) in [5.41, 5.74) is 2.36. The number of carbonyl (C=O) groups is 1. The second kappa shape index (κ2) is 6.26. The molecule has 0 bridgehead atoms. The summed E-state index contributed by atoms with van der Waals surface area (Å²) in [6.45, 7) is 2.14. The first-order valence-electron chi connectivity index (χ1n) is 6.97. The lowest BCUT2D eigenvalue weighted by atomic mass is 10.1. The molecule has 4 nitrogen and oxygen atoms in total. The Hall–Kier alpha value is -2.88. The van der Waals surface area contributed by atoms with E-state index < -0.39 is 5.97 Å². The van der Waals surface area contributed by atoms with Crippen LogP contribution in [0.3, 0.4) is 0 Å². The minimum Gasteiger partial charge on any atom is -0.484 e. The largest absolute Gasteiger partial charge is 0.484 e. The zero-order valence-electron chi connectivity index (χ0n) is 12.2. The van der Waals surface area contributed by atoms with Crippen LogP contribution in [0, 0.1) is 6.92 Å². The van der Waals surface area contributed by atoms with Crippen molar-refractivity contribution in [3.63, 3.8) is 0 Å². The van der Waals surface area contributed by atoms with Crippen molar-refractivity contribution in [3.8, 4) is 5.75 Å². The number of aliphatic imine (C=N–C) groups is 1. The number of nitrogens with zero attached hydrogens (tertiary/aromatic N) is 1. The number of benzene rings is 2. The van der Waals surface area contributed by atoms with Gasteiger partial charge in [-0.05, 0) is 30.7 Å². The minimum atomic E-state index is -0.452. The molecule has 0 aliphatic carbocycles. The lowest BCUT2D eigenvalue weighted by Crippen LogP contribution is -2.13. The zero-order valence-corrected chi connectivity index (χ0v) is 12.2. The summed E-state index contributed by atoms with van der Waals surface area (Å²) < 4.78 is 10.6. The first kappa shape index (κ1) is 14.1. The molecule has 0 spiro atoms. The van der Waals surface area contributed by atoms with Crippen molar-refractivity contribution >= 4 is 17.9 Å². The first-order valence-corrected chi connectivity index (χ1v) is 6.97. The van der Waals surface area contributed by atoms with Crippen LogP contribution in [0.2, 0.25) is 0 Å². The normalized spacial score (nSPS) is 15.6. The Morgan fingerprint density at radius 3 is 2.55 bits per heavy atom. The third-order valence-corrected chi connectivity index (χ3v) is 3.15. The molecule has 0 atom stereocenters. The van der Waals surface area contributed by atoms with E-state index in [0.29, 0.717) is 5.75 Å². The number of carbonyl (C=O) groups excluding carboxylic acids is 1. The summed E-state index contributed by atoms with van der Waals surface area (Å²) in [6, 6.07) is 17.2. The van der Waals surface area contributed by atoms with Crippen LogP contribution in [0.5, 0.6) is 5.75 Å². The second-order valence-electron chi connectivity index (χ2n) is 4.94. The van der Waals surface area contributed by atoms with E-state index in [-0.39, 0.29) is 18.2 Å². The SMILES string of the molecule is Cc1ccc(/C=C2/N=C(COc3ccccc3)OC2=O)cc1. The Kier molecular flexibility index (Phi) is 4.01. The van der Waals surface area contributed by atoms with Gasteiger partial charge in [0.2, 0.25) is 5.90 Å². The standard InChI is InChI=1S/C18H15NO3/c1-13-7-9-14(10-8-13)11-16-18(20)22-17(19-16)12-21-15-5-3-2-4-6-15/h2-11H,12H2,1H3/b16-11+. The minimum absolute atomic E-state index is 0.126. The molecule has 0 unspecified atom stereocenters. The van der Waals surface area contributed by atoms with E-state index >= 15 is 0 Å². The van der Waals surface area contributed by atoms with Crippen LogP contribution in [0.1, 0.15) is 11.1 Å². The number of hydrogen-bond acceptors (Lipinski definition) is 4. The van der Waals surface area contributed by atoms with Gasteiger partial charge in [0.05, 0.1) is 0 Å². The molecule has 0 saturated heterocycles. The fraction of sp³-hybridized carbons (Fsp3) is 0.111. The fourth-order valence-corrected chi connectivity index (χ4v) is 2.00. The van der Waals surface area contributed by atoms with Gasteiger partial charge in [-0.25, -0.2) is 9.79 Å². The van der Waals surface area contributed by atoms with Crippen LogP contribution >= 0.6 is 0 Å². The van der Waals surface area contributed by atoms with Crippen molar-refractivity contribution in [2.24, 2.45) is 4.99 Å². The molecule has 22 heavy (non-hydrogen) atoms. The van der Waals surface area contributed by atoms with E-state index in [0.717, 1.165) is 11.1 Å². The third kappa shape index (κ3) is 3.41. The number of para-hydroxylation sites is 1. The van der Waals surface area contributed by atoms with Gasteiger partial charge < -0.3 is 9.47 Å². The Balaban J connectivity index is 1.70. The third-order valence-electron chi connectivity index (χ3n) is 3.15. The van der Waals surface area contributed by atoms with Crippen molar-refractivity contribution in [1.82, 2.24) is 0 Å². The molecule has 0 fully saturated rings. The van der Waals surface area contributed by atoms with Crippen LogP contribution in [0.4, 0.5) is 0 Å². The van der Waals surface area contributed by atoms with Crippen molar-refractivity contribution in [3.05, 3.63) is 71.4 Å². The highest BCUT2D eigenvalue weighted by Crippen LogP contribution is 2.17. The van der Waals surface area contributed by atoms with Crippen LogP contribution in [0.15, 0.2) is 65.3 Å². The average Bonchev–Trinajstić information content (AvgIpc) is 2.89. The Labute approximate surface area is 128 Å². The molecule has 3 rings (SSSR count). The fourth-order valence-electron chi connectivity index (χ4n) is 2.00. The van der Waals surface area contributed by atoms with Gasteiger partial charge in [0.1, 0.15) is 5.75 Å². The topological polar surface area (TPSA) is 47.9 Å². The molecule has 110 valence electrons. The summed E-state index contributed by atoms with van der Waals surface area (Å²) >= 11 is 0. The highest BCUT2D eigenvalue weighted by atomic mass is 16.6. The zero-order chi connectivity index (χ0) is 15.4. The molecule has 0 amide bonds. The number of esters is 1. The van der Waals surface area contributed by atoms with Crippen molar-refractivity contribution < 1.29 is 14.3 Å². The average molecular weight is 293 g/mol. The summed E-state index contributed by atoms with van der Waals surface area (Å²) in [4.78, 5) is 16.0. The molecule has 1 aliphatic heterocycles. The van der Waals surface area contributed by atoms with Crippen LogP contribution < -0.4 is 4.74 Å². The second-order valence-corrected chi connectivity index (χ2v) is 4.94. The van der Waals surface area contributed by atoms with Gasteiger partial charge >= 0.3 is 5.97 Å². The van der Waals surface area contributed by atoms with Gasteiger partial charge in [0, 0.05) is 0 Å². The quantitative estimate of drug-likeness (QED) is 0.641. The summed E-state index contributed by atoms with van der Waals surface area (Å²) in [7, 11) is 0. The molecule has 4 heteroatoms. The molecule has 0 radical (unpaired) electrons. The predicted octanol–water partition coefficient (Wildman–Crippen LogP) is 3.37. The van der Waals surface area contributed by atoms with Gasteiger partial charge in [-0.3, -0.25) is 0 Å². The van der Waals surface area contributed by atoms with E-state index in [1.54, 1.807) is 6.08 Å². The summed E-state index contributed by atoms with van der Waals surface area (Å²) in [6.07, 6.45) is 1.71. The van der Waals surface area contributed by atoms with E-state index in [9.17, 15) is 4.79 Å². The Morgan fingerprint density at radius 2 is 1.82 bits per heavy atom. The van der Waals surface area contributed by atoms with E-state index in [4.69, 9.17) is 9.47 Å². The number of cyclic esters (lactones) is 1. The highest BCUT2D eigenvalue weighted by molar-refractivity contribution is 6.07. The molecule has 1 aliphatic rings. The van der Waals surface area contributed by atoms with Gasteiger partial charge in [0.15, 0.2) is 12.3 Å². The smallest absolute Gasteiger partial charge is 0.363 e. The van der Waals surface area contributed by atoms with Crippen LogP contribution in [-0.2, 0) is 9.53 Å². The number of aryl methyl sites for hydroxylation is 1. The Bertz CT molecular complexity index is 731. The molecule has 1 heterocycles. The molecular formula is C18H15NO3. The first-order chi connectivity index (χ1) is 10.7. The van der Waals surface area contributed by atoms with Crippen LogP contribution in [-0.4, -0.2) is 18.5 Å². The van der Waals surface area contributed by atoms with Crippen molar-refractivity contribution in [2.75, 3.05) is 6.61 Å². The van der Waals surface area contributed by atoms with E-state index in [1.807, 2.05) is 61.5 Å². The predicted molar refractivity (Wildman–Crippen MR) is 84.6 cm³/mol. The van der Waals surface area contributed by atoms with Crippen molar-refractivity contribution in [2.45, 2.75) is 6.92 Å². The number of hydrogen-bond donors (Lipinski definition) is 0. The van der Waals surface area contributed by atoms with Gasteiger partial charge in [-0.15, -0.1) is 0 Å². The lowest BCUT2D eigenvalue weighted by Gasteiger charge is -2.03. The van der Waals surface area contributed by atoms with E-state index in [1.165, 1.54) is 0 Å². The van der Waals surface area contributed by atoms with Gasteiger partial charge in [-0.2, -0.15) is 0 Å². The molecule has 0 aromatic heterocycles. The monoisotopic (exact) mass is 293 g/mol. The maximum absolute atomic E-state index is 11.8. The molecule has 0 N–H and O–H groups in total. The highest BCUT2D eigenvalue weighted by Gasteiger charge is 2.23. The number of rotatable bonds is 4. The lowest BCUT2D eigenvalue weighted by molar-refractivity contribution is -0.130. The van der Waals surface area contributed by atoms with Crippen molar-refractivity contribution in [1.29, 1.82) is 0 Å². The summed E-state index contributed by atoms with van der Waals surface area (Å²) in [5, 5.41) is 0. The maximum atomic E-state index is 11.8. The Morgan fingerprint density at radius 1 is 1.09 bits per heavy atom. The summed E-state index contributed by atoms with van der Waals surface area (Å²) in [5.74, 6) is 0.525. The van der Waals surface area contributed by atoms with E-state index in [2.05, 4.69) is 4.99 Å². The maximum Gasteiger partial charge on any atom is 0.363 e.